The van der Waals surface area contributed by atoms with Gasteiger partial charge in [0.1, 0.15) is 5.60 Å². The lowest BCUT2D eigenvalue weighted by molar-refractivity contribution is 0.0442. The van der Waals surface area contributed by atoms with Gasteiger partial charge in [0.25, 0.3) is 0 Å². The summed E-state index contributed by atoms with van der Waals surface area (Å²) in [4.78, 5) is 31.6. The predicted octanol–water partition coefficient (Wildman–Crippen LogP) is 2.64. The Labute approximate surface area is 152 Å². The summed E-state index contributed by atoms with van der Waals surface area (Å²) >= 11 is 0. The van der Waals surface area contributed by atoms with Crippen LogP contribution in [0.5, 0.6) is 0 Å². The fourth-order valence-corrected chi connectivity index (χ4v) is 4.18. The number of nitrogens with one attached hydrogen (secondary N) is 1. The Morgan fingerprint density at radius 1 is 1.19 bits per heavy atom. The molecule has 0 aliphatic carbocycles. The second-order valence-electron chi connectivity index (χ2n) is 7.74. The van der Waals surface area contributed by atoms with Crippen molar-refractivity contribution in [3.8, 4) is 0 Å². The maximum absolute atomic E-state index is 12.4. The highest BCUT2D eigenvalue weighted by Gasteiger charge is 2.44. The number of aryl methyl sites for hydroxylation is 1. The number of pyridine rings is 1. The van der Waals surface area contributed by atoms with Crippen molar-refractivity contribution in [2.24, 2.45) is 0 Å². The van der Waals surface area contributed by atoms with Gasteiger partial charge in [-0.25, -0.2) is 4.79 Å². The van der Waals surface area contributed by atoms with E-state index in [-0.39, 0.29) is 17.1 Å². The Kier molecular flexibility index (Phi) is 4.23. The normalized spacial score (nSPS) is 24.2. The van der Waals surface area contributed by atoms with Crippen LogP contribution in [0.4, 0.5) is 4.79 Å². The first-order chi connectivity index (χ1) is 12.4. The number of fused-ring (bicyclic) bond motifs is 1. The third kappa shape index (κ3) is 3.21. The summed E-state index contributed by atoms with van der Waals surface area (Å²) in [5.74, 6) is 0. The van der Waals surface area contributed by atoms with Crippen molar-refractivity contribution in [2.45, 2.75) is 38.3 Å². The zero-order chi connectivity index (χ0) is 18.3. The predicted molar refractivity (Wildman–Crippen MR) is 100 cm³/mol. The molecule has 4 rings (SSSR count). The number of H-pyrrole nitrogens is 1. The van der Waals surface area contributed by atoms with Gasteiger partial charge in [-0.1, -0.05) is 11.6 Å². The van der Waals surface area contributed by atoms with Crippen LogP contribution in [0.3, 0.4) is 0 Å². The number of likely N-dealkylation sites (N-methyl/N-ethyl adjacent to an activating group) is 1. The lowest BCUT2D eigenvalue weighted by Gasteiger charge is -2.25. The van der Waals surface area contributed by atoms with E-state index in [1.54, 1.807) is 18.0 Å². The van der Waals surface area contributed by atoms with E-state index < -0.39 is 0 Å². The second-order valence-corrected chi connectivity index (χ2v) is 7.74. The van der Waals surface area contributed by atoms with Crippen molar-refractivity contribution < 1.29 is 9.53 Å². The molecule has 6 nitrogen and oxygen atoms in total. The summed E-state index contributed by atoms with van der Waals surface area (Å²) in [5.41, 5.74) is 2.63. The average molecular weight is 355 g/mol. The molecule has 1 atom stereocenters. The summed E-state index contributed by atoms with van der Waals surface area (Å²) in [6.45, 7) is 5.17. The molecule has 2 aliphatic rings. The van der Waals surface area contributed by atoms with Crippen molar-refractivity contribution in [3.05, 3.63) is 45.7 Å². The molecule has 26 heavy (non-hydrogen) atoms. The summed E-state index contributed by atoms with van der Waals surface area (Å²) in [7, 11) is 1.79. The molecule has 3 heterocycles. The van der Waals surface area contributed by atoms with Gasteiger partial charge in [-0.05, 0) is 38.4 Å². The number of amides is 1. The first-order valence-electron chi connectivity index (χ1n) is 9.23. The topological polar surface area (TPSA) is 65.6 Å². The lowest BCUT2D eigenvalue weighted by atomic mass is 9.95. The molecule has 1 aromatic heterocycles. The fraction of sp³-hybridized carbons (Fsp3) is 0.500. The summed E-state index contributed by atoms with van der Waals surface area (Å²) in [5, 5.41) is 0.740. The van der Waals surface area contributed by atoms with Crippen LogP contribution >= 0.6 is 0 Å². The molecule has 1 unspecified atom stereocenters. The maximum Gasteiger partial charge on any atom is 0.410 e. The van der Waals surface area contributed by atoms with Gasteiger partial charge in [-0.15, -0.1) is 0 Å². The standard InChI is InChI=1S/C20H25N3O3/c1-14-4-5-17-16(10-14)18(24)11-15(21-17)12-23-8-3-6-20(7-9-23)13-22(2)19(25)26-20/h4-5,10-11H,3,6-9,12-13H2,1-2H3,(H,21,24). The number of aromatic amines is 1. The van der Waals surface area contributed by atoms with Crippen LogP contribution in [0.25, 0.3) is 10.9 Å². The van der Waals surface area contributed by atoms with Crippen molar-refractivity contribution in [3.63, 3.8) is 0 Å². The Bertz CT molecular complexity index is 907. The zero-order valence-corrected chi connectivity index (χ0v) is 15.4. The lowest BCUT2D eigenvalue weighted by Crippen LogP contribution is -2.35. The molecule has 0 saturated carbocycles. The van der Waals surface area contributed by atoms with Crippen molar-refractivity contribution in [1.82, 2.24) is 14.8 Å². The minimum Gasteiger partial charge on any atom is -0.441 e. The minimum absolute atomic E-state index is 0.0649. The maximum atomic E-state index is 12.4. The molecule has 2 aliphatic heterocycles. The number of likely N-dealkylation sites (tertiary alicyclic amines) is 1. The van der Waals surface area contributed by atoms with E-state index in [2.05, 4.69) is 9.88 Å². The summed E-state index contributed by atoms with van der Waals surface area (Å²) in [6.07, 6.45) is 2.50. The molecule has 138 valence electrons. The molecule has 0 radical (unpaired) electrons. The monoisotopic (exact) mass is 355 g/mol. The number of benzene rings is 1. The van der Waals surface area contributed by atoms with Gasteiger partial charge >= 0.3 is 6.09 Å². The van der Waals surface area contributed by atoms with E-state index in [1.165, 1.54) is 0 Å². The van der Waals surface area contributed by atoms with Crippen molar-refractivity contribution >= 4 is 17.0 Å². The van der Waals surface area contributed by atoms with E-state index >= 15 is 0 Å². The van der Waals surface area contributed by atoms with Crippen LogP contribution in [0, 0.1) is 6.92 Å². The van der Waals surface area contributed by atoms with Crippen LogP contribution in [0.2, 0.25) is 0 Å². The van der Waals surface area contributed by atoms with E-state index in [0.717, 1.165) is 54.5 Å². The van der Waals surface area contributed by atoms with Crippen LogP contribution in [-0.4, -0.2) is 53.2 Å². The Balaban J connectivity index is 1.50. The van der Waals surface area contributed by atoms with Crippen LogP contribution in [0.15, 0.2) is 29.1 Å². The Morgan fingerprint density at radius 3 is 2.81 bits per heavy atom. The molecule has 1 N–H and O–H groups in total. The van der Waals surface area contributed by atoms with E-state index in [0.29, 0.717) is 13.1 Å². The van der Waals surface area contributed by atoms with Crippen LogP contribution in [0.1, 0.15) is 30.5 Å². The number of carbonyl (C=O) groups is 1. The van der Waals surface area contributed by atoms with Crippen molar-refractivity contribution in [1.29, 1.82) is 0 Å². The number of hydrogen-bond donors (Lipinski definition) is 1. The van der Waals surface area contributed by atoms with E-state index in [9.17, 15) is 9.59 Å². The largest absolute Gasteiger partial charge is 0.441 e. The first kappa shape index (κ1) is 17.1. The van der Waals surface area contributed by atoms with Gasteiger partial charge in [0.2, 0.25) is 0 Å². The number of ether oxygens (including phenoxy) is 1. The molecule has 2 aromatic rings. The molecule has 1 aromatic carbocycles. The smallest absolute Gasteiger partial charge is 0.410 e. The van der Waals surface area contributed by atoms with Gasteiger partial charge in [0.15, 0.2) is 5.43 Å². The van der Waals surface area contributed by atoms with Gasteiger partial charge in [-0.3, -0.25) is 9.69 Å². The summed E-state index contributed by atoms with van der Waals surface area (Å²) in [6, 6.07) is 7.63. The van der Waals surface area contributed by atoms with Crippen LogP contribution < -0.4 is 5.43 Å². The number of nitrogens with zero attached hydrogens (tertiary/aromatic N) is 2. The first-order valence-corrected chi connectivity index (χ1v) is 9.23. The number of hydrogen-bond acceptors (Lipinski definition) is 4. The third-order valence-corrected chi connectivity index (χ3v) is 5.57. The molecule has 6 heteroatoms. The number of carbonyl (C=O) groups excluding carboxylic acids is 1. The average Bonchev–Trinajstić information content (AvgIpc) is 2.75. The Hall–Kier alpha value is -2.34. The molecule has 0 bridgehead atoms. The molecular weight excluding hydrogens is 330 g/mol. The van der Waals surface area contributed by atoms with E-state index in [4.69, 9.17) is 4.74 Å². The Morgan fingerprint density at radius 2 is 2.04 bits per heavy atom. The fourth-order valence-electron chi connectivity index (χ4n) is 4.18. The molecule has 2 saturated heterocycles. The molecular formula is C20H25N3O3. The van der Waals surface area contributed by atoms with Gasteiger partial charge < -0.3 is 14.6 Å². The van der Waals surface area contributed by atoms with Gasteiger partial charge in [-0.2, -0.15) is 0 Å². The van der Waals surface area contributed by atoms with E-state index in [1.807, 2.05) is 25.1 Å². The SMILES string of the molecule is Cc1ccc2[nH]c(CN3CCCC4(CC3)CN(C)C(=O)O4)cc(=O)c2c1. The van der Waals surface area contributed by atoms with Crippen LogP contribution in [-0.2, 0) is 11.3 Å². The highest BCUT2D eigenvalue weighted by Crippen LogP contribution is 2.32. The number of rotatable bonds is 2. The minimum atomic E-state index is -0.338. The highest BCUT2D eigenvalue weighted by atomic mass is 16.6. The van der Waals surface area contributed by atoms with Gasteiger partial charge in [0, 0.05) is 49.2 Å². The molecule has 2 fully saturated rings. The van der Waals surface area contributed by atoms with Gasteiger partial charge in [0.05, 0.1) is 6.54 Å². The quantitative estimate of drug-likeness (QED) is 0.899. The number of aromatic nitrogens is 1. The molecule has 1 spiro atoms. The third-order valence-electron chi connectivity index (χ3n) is 5.57. The summed E-state index contributed by atoms with van der Waals surface area (Å²) < 4.78 is 5.67. The zero-order valence-electron chi connectivity index (χ0n) is 15.4. The second kappa shape index (κ2) is 6.43. The highest BCUT2D eigenvalue weighted by molar-refractivity contribution is 5.79. The van der Waals surface area contributed by atoms with Crippen molar-refractivity contribution in [2.75, 3.05) is 26.7 Å². The molecule has 1 amide bonds.